The van der Waals surface area contributed by atoms with Crippen LogP contribution in [0.4, 0.5) is 23.3 Å². The van der Waals surface area contributed by atoms with E-state index in [4.69, 9.17) is 11.5 Å². The molecule has 0 aliphatic heterocycles. The molecule has 2 rings (SSSR count). The smallest absolute Gasteiger partial charge is 0.232 e. The highest BCUT2D eigenvalue weighted by atomic mass is 79.9. The second-order valence-corrected chi connectivity index (χ2v) is 4.34. The van der Waals surface area contributed by atoms with Crippen LogP contribution in [0.25, 0.3) is 0 Å². The number of hydrogen-bond donors (Lipinski definition) is 3. The van der Waals surface area contributed by atoms with Gasteiger partial charge in [0.15, 0.2) is 0 Å². The molecule has 0 aliphatic carbocycles. The van der Waals surface area contributed by atoms with Gasteiger partial charge in [-0.2, -0.15) is 15.0 Å². The van der Waals surface area contributed by atoms with E-state index in [1.54, 1.807) is 13.0 Å². The molecule has 0 atom stereocenters. The first kappa shape index (κ1) is 11.6. The predicted octanol–water partition coefficient (Wildman–Crippen LogP) is 1.85. The second kappa shape index (κ2) is 4.54. The van der Waals surface area contributed by atoms with Gasteiger partial charge in [0.25, 0.3) is 0 Å². The minimum absolute atomic E-state index is 0.175. The second-order valence-electron chi connectivity index (χ2n) is 3.42. The number of nitrogens with one attached hydrogen (secondary N) is 1. The lowest BCUT2D eigenvalue weighted by Gasteiger charge is -2.08. The molecule has 17 heavy (non-hydrogen) atoms. The third kappa shape index (κ3) is 2.82. The molecule has 1 heterocycles. The lowest BCUT2D eigenvalue weighted by atomic mass is 10.3. The van der Waals surface area contributed by atoms with E-state index in [0.717, 1.165) is 4.47 Å². The number of hydrogen-bond acceptors (Lipinski definition) is 6. The van der Waals surface area contributed by atoms with E-state index in [2.05, 4.69) is 36.2 Å². The molecule has 0 amide bonds. The number of aromatic nitrogens is 3. The monoisotopic (exact) mass is 294 g/mol. The minimum atomic E-state index is 0.175. The van der Waals surface area contributed by atoms with Gasteiger partial charge in [-0.3, -0.25) is 0 Å². The molecule has 0 radical (unpaired) electrons. The zero-order valence-corrected chi connectivity index (χ0v) is 10.7. The standard InChI is InChI=1S/C10H11BrN6/c1-5-14-9(13)17-10(15-5)16-8-4-6(11)2-3-7(8)12/h2-4H,12H2,1H3,(H3,13,14,15,16,17). The number of aryl methyl sites for hydroxylation is 1. The van der Waals surface area contributed by atoms with Crippen molar-refractivity contribution in [2.45, 2.75) is 6.92 Å². The Morgan fingerprint density at radius 3 is 2.65 bits per heavy atom. The van der Waals surface area contributed by atoms with Gasteiger partial charge in [-0.05, 0) is 25.1 Å². The molecule has 0 spiro atoms. The van der Waals surface area contributed by atoms with E-state index in [9.17, 15) is 0 Å². The van der Waals surface area contributed by atoms with Crippen molar-refractivity contribution in [2.24, 2.45) is 0 Å². The Bertz CT molecular complexity index is 536. The van der Waals surface area contributed by atoms with Gasteiger partial charge in [-0.15, -0.1) is 0 Å². The summed E-state index contributed by atoms with van der Waals surface area (Å²) in [5, 5.41) is 3.00. The van der Waals surface area contributed by atoms with Gasteiger partial charge in [0, 0.05) is 4.47 Å². The summed E-state index contributed by atoms with van der Waals surface area (Å²) in [7, 11) is 0. The fraction of sp³-hybridized carbons (Fsp3) is 0.100. The summed E-state index contributed by atoms with van der Waals surface area (Å²) in [6, 6.07) is 5.47. The molecule has 1 aromatic heterocycles. The lowest BCUT2D eigenvalue weighted by molar-refractivity contribution is 0.995. The summed E-state index contributed by atoms with van der Waals surface area (Å²) in [6.07, 6.45) is 0. The maximum absolute atomic E-state index is 5.83. The van der Waals surface area contributed by atoms with Crippen LogP contribution in [-0.2, 0) is 0 Å². The van der Waals surface area contributed by atoms with Crippen LogP contribution in [0.2, 0.25) is 0 Å². The number of benzene rings is 1. The zero-order chi connectivity index (χ0) is 12.4. The fourth-order valence-corrected chi connectivity index (χ4v) is 1.68. The third-order valence-electron chi connectivity index (χ3n) is 2.03. The summed E-state index contributed by atoms with van der Waals surface area (Å²) in [4.78, 5) is 12.0. The Kier molecular flexibility index (Phi) is 3.10. The van der Waals surface area contributed by atoms with Crippen LogP contribution in [0.15, 0.2) is 22.7 Å². The molecule has 2 aromatic rings. The van der Waals surface area contributed by atoms with Crippen molar-refractivity contribution < 1.29 is 0 Å². The number of nitrogen functional groups attached to an aromatic ring is 2. The third-order valence-corrected chi connectivity index (χ3v) is 2.52. The van der Waals surface area contributed by atoms with Crippen LogP contribution in [0.3, 0.4) is 0 Å². The summed E-state index contributed by atoms with van der Waals surface area (Å²) in [6.45, 7) is 1.74. The Hall–Kier alpha value is -1.89. The largest absolute Gasteiger partial charge is 0.397 e. The average Bonchev–Trinajstić information content (AvgIpc) is 2.22. The van der Waals surface area contributed by atoms with Crippen molar-refractivity contribution in [3.8, 4) is 0 Å². The van der Waals surface area contributed by atoms with Gasteiger partial charge in [0.1, 0.15) is 5.82 Å². The first-order valence-corrected chi connectivity index (χ1v) is 5.64. The maximum atomic E-state index is 5.83. The number of nitrogens with two attached hydrogens (primary N) is 2. The molecule has 0 saturated carbocycles. The first-order chi connectivity index (χ1) is 8.04. The molecule has 1 aromatic carbocycles. The van der Waals surface area contributed by atoms with Crippen LogP contribution in [0.1, 0.15) is 5.82 Å². The van der Waals surface area contributed by atoms with Gasteiger partial charge in [0.2, 0.25) is 11.9 Å². The van der Waals surface area contributed by atoms with Gasteiger partial charge in [-0.25, -0.2) is 0 Å². The number of nitrogens with zero attached hydrogens (tertiary/aromatic N) is 3. The highest BCUT2D eigenvalue weighted by Crippen LogP contribution is 2.25. The number of anilines is 4. The summed E-state index contributed by atoms with van der Waals surface area (Å²) in [5.74, 6) is 1.10. The highest BCUT2D eigenvalue weighted by Gasteiger charge is 2.04. The van der Waals surface area contributed by atoms with E-state index in [0.29, 0.717) is 23.1 Å². The Morgan fingerprint density at radius 2 is 1.94 bits per heavy atom. The molecule has 0 bridgehead atoms. The SMILES string of the molecule is Cc1nc(N)nc(Nc2cc(Br)ccc2N)n1. The van der Waals surface area contributed by atoms with Crippen LogP contribution in [0.5, 0.6) is 0 Å². The molecule has 0 aliphatic rings. The average molecular weight is 295 g/mol. The molecule has 0 fully saturated rings. The van der Waals surface area contributed by atoms with Crippen molar-refractivity contribution in [3.05, 3.63) is 28.5 Å². The van der Waals surface area contributed by atoms with E-state index >= 15 is 0 Å². The number of rotatable bonds is 2. The van der Waals surface area contributed by atoms with E-state index in [-0.39, 0.29) is 5.95 Å². The van der Waals surface area contributed by atoms with E-state index in [1.807, 2.05) is 12.1 Å². The summed E-state index contributed by atoms with van der Waals surface area (Å²) < 4.78 is 0.910. The van der Waals surface area contributed by atoms with Crippen LogP contribution in [-0.4, -0.2) is 15.0 Å². The van der Waals surface area contributed by atoms with Crippen LogP contribution < -0.4 is 16.8 Å². The van der Waals surface area contributed by atoms with Crippen LogP contribution >= 0.6 is 15.9 Å². The van der Waals surface area contributed by atoms with Crippen molar-refractivity contribution >= 4 is 39.2 Å². The molecule has 5 N–H and O–H groups in total. The Labute approximate surface area is 107 Å². The molecule has 7 heteroatoms. The molecular formula is C10H11BrN6. The van der Waals surface area contributed by atoms with Crippen molar-refractivity contribution in [1.29, 1.82) is 0 Å². The summed E-state index contributed by atoms with van der Waals surface area (Å²) in [5.41, 5.74) is 12.7. The Morgan fingerprint density at radius 1 is 1.18 bits per heavy atom. The minimum Gasteiger partial charge on any atom is -0.397 e. The quantitative estimate of drug-likeness (QED) is 0.731. The van der Waals surface area contributed by atoms with Crippen molar-refractivity contribution in [2.75, 3.05) is 16.8 Å². The highest BCUT2D eigenvalue weighted by molar-refractivity contribution is 9.10. The van der Waals surface area contributed by atoms with E-state index in [1.165, 1.54) is 0 Å². The first-order valence-electron chi connectivity index (χ1n) is 4.85. The maximum Gasteiger partial charge on any atom is 0.232 e. The van der Waals surface area contributed by atoms with Gasteiger partial charge in [-0.1, -0.05) is 15.9 Å². The molecule has 0 unspecified atom stereocenters. The molecule has 0 saturated heterocycles. The Balaban J connectivity index is 2.34. The predicted molar refractivity (Wildman–Crippen MR) is 70.8 cm³/mol. The normalized spacial score (nSPS) is 10.2. The van der Waals surface area contributed by atoms with Crippen molar-refractivity contribution in [3.63, 3.8) is 0 Å². The molecule has 88 valence electrons. The van der Waals surface area contributed by atoms with Gasteiger partial charge >= 0.3 is 0 Å². The van der Waals surface area contributed by atoms with Gasteiger partial charge < -0.3 is 16.8 Å². The number of halogens is 1. The van der Waals surface area contributed by atoms with Gasteiger partial charge in [0.05, 0.1) is 11.4 Å². The fourth-order valence-electron chi connectivity index (χ4n) is 1.32. The van der Waals surface area contributed by atoms with E-state index < -0.39 is 0 Å². The lowest BCUT2D eigenvalue weighted by Crippen LogP contribution is -2.05. The molecular weight excluding hydrogens is 284 g/mol. The van der Waals surface area contributed by atoms with Crippen molar-refractivity contribution in [1.82, 2.24) is 15.0 Å². The van der Waals surface area contributed by atoms with Crippen LogP contribution in [0, 0.1) is 6.92 Å². The zero-order valence-electron chi connectivity index (χ0n) is 9.11. The molecule has 6 nitrogen and oxygen atoms in total. The summed E-state index contributed by atoms with van der Waals surface area (Å²) >= 11 is 3.37. The topological polar surface area (TPSA) is 103 Å².